The van der Waals surface area contributed by atoms with E-state index in [1.807, 2.05) is 0 Å². The topological polar surface area (TPSA) is 26.3 Å². The van der Waals surface area contributed by atoms with Gasteiger partial charge in [0.1, 0.15) is 6.10 Å². The van der Waals surface area contributed by atoms with E-state index in [-0.39, 0.29) is 49.3 Å². The normalized spacial score (nSPS) is 15.8. The molecule has 0 saturated heterocycles. The number of ether oxygens (including phenoxy) is 1. The molecule has 0 aromatic rings. The lowest BCUT2D eigenvalue weighted by molar-refractivity contribution is -0.147. The fourth-order valence-electron chi connectivity index (χ4n) is 1.42. The SMILES string of the molecule is CC(=O)OC1CCCCC1.Cl.Cl.Cl. The van der Waals surface area contributed by atoms with Crippen LogP contribution in [0, 0.1) is 0 Å². The third-order valence-electron chi connectivity index (χ3n) is 1.88. The standard InChI is InChI=1S/C8H14O2.3ClH/c1-7(9)10-8-5-3-2-4-6-8;;;/h8H,2-6H2,1H3;3*1H. The van der Waals surface area contributed by atoms with Crippen LogP contribution in [0.25, 0.3) is 0 Å². The van der Waals surface area contributed by atoms with E-state index < -0.39 is 0 Å². The molecule has 5 heteroatoms. The van der Waals surface area contributed by atoms with E-state index in [0.717, 1.165) is 12.8 Å². The van der Waals surface area contributed by atoms with Gasteiger partial charge in [0.05, 0.1) is 0 Å². The average Bonchev–Trinajstić information content (AvgIpc) is 1.88. The Morgan fingerprint density at radius 3 is 1.92 bits per heavy atom. The Balaban J connectivity index is -0.000000333. The molecule has 0 aromatic carbocycles. The highest BCUT2D eigenvalue weighted by atomic mass is 35.5. The molecule has 1 rings (SSSR count). The lowest BCUT2D eigenvalue weighted by Crippen LogP contribution is -2.18. The van der Waals surface area contributed by atoms with Gasteiger partial charge in [0, 0.05) is 6.92 Å². The highest BCUT2D eigenvalue weighted by molar-refractivity contribution is 5.86. The van der Waals surface area contributed by atoms with Crippen LogP contribution in [0.5, 0.6) is 0 Å². The van der Waals surface area contributed by atoms with Crippen LogP contribution in [-0.4, -0.2) is 12.1 Å². The largest absolute Gasteiger partial charge is 0.463 e. The molecule has 0 aliphatic heterocycles. The van der Waals surface area contributed by atoms with Gasteiger partial charge in [0.25, 0.3) is 0 Å². The van der Waals surface area contributed by atoms with E-state index >= 15 is 0 Å². The summed E-state index contributed by atoms with van der Waals surface area (Å²) in [4.78, 5) is 10.5. The van der Waals surface area contributed by atoms with Gasteiger partial charge in [-0.2, -0.15) is 0 Å². The number of halogens is 3. The highest BCUT2D eigenvalue weighted by Crippen LogP contribution is 2.19. The maximum Gasteiger partial charge on any atom is 0.302 e. The summed E-state index contributed by atoms with van der Waals surface area (Å²) >= 11 is 0. The van der Waals surface area contributed by atoms with Crippen molar-refractivity contribution in [2.24, 2.45) is 0 Å². The van der Waals surface area contributed by atoms with Crippen LogP contribution in [0.15, 0.2) is 0 Å². The lowest BCUT2D eigenvalue weighted by Gasteiger charge is -2.20. The van der Waals surface area contributed by atoms with Crippen molar-refractivity contribution in [1.82, 2.24) is 0 Å². The summed E-state index contributed by atoms with van der Waals surface area (Å²) in [5.74, 6) is -0.132. The molecule has 0 unspecified atom stereocenters. The summed E-state index contributed by atoms with van der Waals surface area (Å²) in [6.07, 6.45) is 6.11. The molecule has 0 amide bonds. The molecule has 1 aliphatic rings. The minimum Gasteiger partial charge on any atom is -0.463 e. The third-order valence-corrected chi connectivity index (χ3v) is 1.88. The molecular formula is C8H17Cl3O2. The molecule has 0 aromatic heterocycles. The monoisotopic (exact) mass is 250 g/mol. The molecule has 1 saturated carbocycles. The Kier molecular flexibility index (Phi) is 15.2. The summed E-state index contributed by atoms with van der Waals surface area (Å²) in [5.41, 5.74) is 0. The third kappa shape index (κ3) is 8.66. The molecule has 0 atom stereocenters. The predicted octanol–water partition coefficient (Wildman–Crippen LogP) is 3.15. The fourth-order valence-corrected chi connectivity index (χ4v) is 1.42. The van der Waals surface area contributed by atoms with Gasteiger partial charge in [-0.1, -0.05) is 6.42 Å². The molecule has 1 aliphatic carbocycles. The van der Waals surface area contributed by atoms with Crippen molar-refractivity contribution in [2.75, 3.05) is 0 Å². The zero-order valence-corrected chi connectivity index (χ0v) is 10.1. The van der Waals surface area contributed by atoms with Crippen molar-refractivity contribution < 1.29 is 9.53 Å². The van der Waals surface area contributed by atoms with E-state index in [0.29, 0.717) is 0 Å². The first-order chi connectivity index (χ1) is 4.79. The van der Waals surface area contributed by atoms with E-state index in [4.69, 9.17) is 4.74 Å². The average molecular weight is 252 g/mol. The van der Waals surface area contributed by atoms with Gasteiger partial charge in [0.15, 0.2) is 0 Å². The molecule has 0 N–H and O–H groups in total. The number of rotatable bonds is 1. The summed E-state index contributed by atoms with van der Waals surface area (Å²) in [6.45, 7) is 1.48. The second-order valence-electron chi connectivity index (χ2n) is 2.87. The summed E-state index contributed by atoms with van der Waals surface area (Å²) in [5, 5.41) is 0. The molecule has 13 heavy (non-hydrogen) atoms. The zero-order chi connectivity index (χ0) is 7.40. The van der Waals surface area contributed by atoms with Crippen molar-refractivity contribution in [3.8, 4) is 0 Å². The smallest absolute Gasteiger partial charge is 0.302 e. The lowest BCUT2D eigenvalue weighted by atomic mass is 9.98. The van der Waals surface area contributed by atoms with Crippen molar-refractivity contribution >= 4 is 43.2 Å². The van der Waals surface area contributed by atoms with Crippen molar-refractivity contribution in [1.29, 1.82) is 0 Å². The minimum atomic E-state index is -0.132. The Morgan fingerprint density at radius 2 is 1.54 bits per heavy atom. The van der Waals surface area contributed by atoms with E-state index in [1.165, 1.54) is 26.2 Å². The van der Waals surface area contributed by atoms with Crippen LogP contribution in [0.4, 0.5) is 0 Å². The van der Waals surface area contributed by atoms with Crippen LogP contribution < -0.4 is 0 Å². The van der Waals surface area contributed by atoms with Crippen LogP contribution in [0.2, 0.25) is 0 Å². The summed E-state index contributed by atoms with van der Waals surface area (Å²) in [6, 6.07) is 0. The van der Waals surface area contributed by atoms with E-state index in [9.17, 15) is 4.79 Å². The molecule has 0 radical (unpaired) electrons. The Hall–Kier alpha value is 0.340. The van der Waals surface area contributed by atoms with E-state index in [2.05, 4.69) is 0 Å². The predicted molar refractivity (Wildman–Crippen MR) is 60.4 cm³/mol. The number of hydrogen-bond acceptors (Lipinski definition) is 2. The van der Waals surface area contributed by atoms with Crippen molar-refractivity contribution in [2.45, 2.75) is 45.1 Å². The fraction of sp³-hybridized carbons (Fsp3) is 0.875. The first-order valence-corrected chi connectivity index (χ1v) is 3.96. The van der Waals surface area contributed by atoms with E-state index in [1.54, 1.807) is 0 Å². The quantitative estimate of drug-likeness (QED) is 0.669. The molecule has 0 heterocycles. The highest BCUT2D eigenvalue weighted by Gasteiger charge is 2.14. The Bertz CT molecular complexity index is 125. The first-order valence-electron chi connectivity index (χ1n) is 3.96. The van der Waals surface area contributed by atoms with Crippen molar-refractivity contribution in [3.05, 3.63) is 0 Å². The first kappa shape index (κ1) is 19.0. The Morgan fingerprint density at radius 1 is 1.08 bits per heavy atom. The number of esters is 1. The zero-order valence-electron chi connectivity index (χ0n) is 7.65. The van der Waals surface area contributed by atoms with Gasteiger partial charge in [-0.25, -0.2) is 0 Å². The second-order valence-corrected chi connectivity index (χ2v) is 2.87. The minimum absolute atomic E-state index is 0. The van der Waals surface area contributed by atoms with Gasteiger partial charge >= 0.3 is 5.97 Å². The van der Waals surface area contributed by atoms with Gasteiger partial charge < -0.3 is 4.74 Å². The van der Waals surface area contributed by atoms with Gasteiger partial charge in [-0.3, -0.25) is 4.79 Å². The molecule has 2 nitrogen and oxygen atoms in total. The summed E-state index contributed by atoms with van der Waals surface area (Å²) in [7, 11) is 0. The maximum atomic E-state index is 10.5. The molecule has 1 fully saturated rings. The van der Waals surface area contributed by atoms with Crippen LogP contribution in [0.3, 0.4) is 0 Å². The van der Waals surface area contributed by atoms with Gasteiger partial charge in [-0.05, 0) is 25.7 Å². The number of carbonyl (C=O) groups excluding carboxylic acids is 1. The second kappa shape index (κ2) is 10.4. The van der Waals surface area contributed by atoms with Crippen LogP contribution in [-0.2, 0) is 9.53 Å². The molecule has 82 valence electrons. The summed E-state index contributed by atoms with van der Waals surface area (Å²) < 4.78 is 5.05. The number of hydrogen-bond donors (Lipinski definition) is 0. The van der Waals surface area contributed by atoms with Crippen LogP contribution >= 0.6 is 37.2 Å². The van der Waals surface area contributed by atoms with Gasteiger partial charge in [0.2, 0.25) is 0 Å². The molecular weight excluding hydrogens is 234 g/mol. The maximum absolute atomic E-state index is 10.5. The van der Waals surface area contributed by atoms with Gasteiger partial charge in [-0.15, -0.1) is 37.2 Å². The number of carbonyl (C=O) groups is 1. The molecule has 0 bridgehead atoms. The Labute approximate surface area is 98.0 Å². The van der Waals surface area contributed by atoms with Crippen molar-refractivity contribution in [3.63, 3.8) is 0 Å². The molecule has 0 spiro atoms. The van der Waals surface area contributed by atoms with Crippen LogP contribution in [0.1, 0.15) is 39.0 Å².